The van der Waals surface area contributed by atoms with Gasteiger partial charge >= 0.3 is 0 Å². The lowest BCUT2D eigenvalue weighted by Crippen LogP contribution is -2.18. The summed E-state index contributed by atoms with van der Waals surface area (Å²) in [7, 11) is 0. The highest BCUT2D eigenvalue weighted by Crippen LogP contribution is 2.69. The minimum Gasteiger partial charge on any atom is -0.326 e. The number of carbonyl (C=O) groups is 1. The lowest BCUT2D eigenvalue weighted by atomic mass is 10.0. The second-order valence-electron chi connectivity index (χ2n) is 7.00. The minimum atomic E-state index is 0.277. The van der Waals surface area contributed by atoms with Crippen LogP contribution in [0.2, 0.25) is 0 Å². The van der Waals surface area contributed by atoms with Crippen LogP contribution in [0.25, 0.3) is 0 Å². The number of fused-ring (bicyclic) bond motifs is 5. The van der Waals surface area contributed by atoms with Crippen molar-refractivity contribution in [3.63, 3.8) is 0 Å². The van der Waals surface area contributed by atoms with Gasteiger partial charge in [0.05, 0.1) is 0 Å². The molecule has 1 aromatic carbocycles. The van der Waals surface area contributed by atoms with Crippen LogP contribution in [-0.2, 0) is 11.2 Å². The number of amides is 1. The molecule has 4 rings (SSSR count). The minimum absolute atomic E-state index is 0.277. The zero-order chi connectivity index (χ0) is 14.4. The Morgan fingerprint density at radius 2 is 2.00 bits per heavy atom. The van der Waals surface area contributed by atoms with Gasteiger partial charge in [0.25, 0.3) is 0 Å². The van der Waals surface area contributed by atoms with E-state index in [1.165, 1.54) is 24.8 Å². The maximum atomic E-state index is 12.5. The van der Waals surface area contributed by atoms with Gasteiger partial charge in [-0.05, 0) is 73.5 Å². The second kappa shape index (κ2) is 5.42. The molecular formula is C18H22BrNO. The summed E-state index contributed by atoms with van der Waals surface area (Å²) in [5.74, 6) is 3.77. The van der Waals surface area contributed by atoms with Crippen molar-refractivity contribution in [3.8, 4) is 0 Å². The summed E-state index contributed by atoms with van der Waals surface area (Å²) >= 11 is 3.47. The van der Waals surface area contributed by atoms with Crippen LogP contribution in [0.4, 0.5) is 5.69 Å². The molecule has 112 valence electrons. The molecule has 0 radical (unpaired) electrons. The number of anilines is 1. The van der Waals surface area contributed by atoms with Gasteiger partial charge in [-0.25, -0.2) is 0 Å². The molecule has 3 heteroatoms. The lowest BCUT2D eigenvalue weighted by molar-refractivity contribution is -0.118. The summed E-state index contributed by atoms with van der Waals surface area (Å²) in [6.07, 6.45) is 6.34. The average molecular weight is 348 g/mol. The van der Waals surface area contributed by atoms with E-state index in [0.717, 1.165) is 47.5 Å². The normalized spacial score (nSPS) is 35.6. The lowest BCUT2D eigenvalue weighted by Gasteiger charge is -2.10. The van der Waals surface area contributed by atoms with Crippen LogP contribution in [0.3, 0.4) is 0 Å². The van der Waals surface area contributed by atoms with Crippen molar-refractivity contribution in [2.45, 2.75) is 32.1 Å². The van der Waals surface area contributed by atoms with Crippen LogP contribution in [0.5, 0.6) is 0 Å². The number of hydrogen-bond acceptors (Lipinski definition) is 1. The van der Waals surface area contributed by atoms with Crippen LogP contribution < -0.4 is 5.32 Å². The molecule has 3 fully saturated rings. The van der Waals surface area contributed by atoms with E-state index in [9.17, 15) is 4.79 Å². The Kier molecular flexibility index (Phi) is 3.56. The Morgan fingerprint density at radius 1 is 1.24 bits per heavy atom. The molecule has 4 atom stereocenters. The third-order valence-corrected chi connectivity index (χ3v) is 6.39. The van der Waals surface area contributed by atoms with Crippen LogP contribution in [-0.4, -0.2) is 11.2 Å². The van der Waals surface area contributed by atoms with E-state index < -0.39 is 0 Å². The van der Waals surface area contributed by atoms with Gasteiger partial charge in [-0.1, -0.05) is 28.1 Å². The number of benzene rings is 1. The summed E-state index contributed by atoms with van der Waals surface area (Å²) in [6, 6.07) is 8.34. The number of carbonyl (C=O) groups excluding carboxylic acids is 1. The number of alkyl halides is 1. The first-order valence-corrected chi connectivity index (χ1v) is 9.36. The molecule has 0 heterocycles. The highest BCUT2D eigenvalue weighted by atomic mass is 79.9. The maximum Gasteiger partial charge on any atom is 0.228 e. The van der Waals surface area contributed by atoms with Gasteiger partial charge in [0.1, 0.15) is 0 Å². The fraction of sp³-hybridized carbons (Fsp3) is 0.611. The number of nitrogens with one attached hydrogen (secondary N) is 1. The van der Waals surface area contributed by atoms with Crippen LogP contribution in [0.1, 0.15) is 31.2 Å². The first kappa shape index (κ1) is 13.8. The van der Waals surface area contributed by atoms with Crippen molar-refractivity contribution in [2.75, 3.05) is 10.6 Å². The number of aryl methyl sites for hydroxylation is 1. The fourth-order valence-electron chi connectivity index (χ4n) is 4.98. The molecule has 2 nitrogen and oxygen atoms in total. The first-order valence-electron chi connectivity index (χ1n) is 8.23. The Hall–Kier alpha value is -0.830. The van der Waals surface area contributed by atoms with Crippen molar-refractivity contribution >= 4 is 27.5 Å². The molecule has 3 saturated carbocycles. The van der Waals surface area contributed by atoms with E-state index in [1.807, 2.05) is 6.07 Å². The van der Waals surface area contributed by atoms with Crippen molar-refractivity contribution in [1.29, 1.82) is 0 Å². The van der Waals surface area contributed by atoms with Gasteiger partial charge in [-0.2, -0.15) is 0 Å². The average Bonchev–Trinajstić information content (AvgIpc) is 2.94. The van der Waals surface area contributed by atoms with Gasteiger partial charge in [-0.15, -0.1) is 0 Å². The van der Waals surface area contributed by atoms with Crippen molar-refractivity contribution < 1.29 is 4.79 Å². The monoisotopic (exact) mass is 347 g/mol. The third-order valence-electron chi connectivity index (χ3n) is 5.83. The van der Waals surface area contributed by atoms with Gasteiger partial charge in [-0.3, -0.25) is 4.79 Å². The quantitative estimate of drug-likeness (QED) is 0.792. The first-order chi connectivity index (χ1) is 10.3. The predicted octanol–water partition coefficient (Wildman–Crippen LogP) is 4.24. The van der Waals surface area contributed by atoms with Gasteiger partial charge in [0.15, 0.2) is 0 Å². The molecule has 3 aliphatic rings. The largest absolute Gasteiger partial charge is 0.326 e. The zero-order valence-electron chi connectivity index (χ0n) is 12.2. The fourth-order valence-corrected chi connectivity index (χ4v) is 5.26. The number of halogens is 1. The van der Waals surface area contributed by atoms with E-state index in [0.29, 0.717) is 5.92 Å². The molecule has 0 saturated heterocycles. The summed E-state index contributed by atoms with van der Waals surface area (Å²) in [5, 5.41) is 4.19. The van der Waals surface area contributed by atoms with E-state index in [4.69, 9.17) is 0 Å². The van der Waals surface area contributed by atoms with E-state index in [1.54, 1.807) is 0 Å². The molecule has 0 aromatic heterocycles. The molecular weight excluding hydrogens is 326 g/mol. The Balaban J connectivity index is 1.39. The van der Waals surface area contributed by atoms with Crippen LogP contribution in [0.15, 0.2) is 24.3 Å². The zero-order valence-corrected chi connectivity index (χ0v) is 13.8. The smallest absolute Gasteiger partial charge is 0.228 e. The Labute approximate surface area is 134 Å². The second-order valence-corrected chi connectivity index (χ2v) is 7.79. The van der Waals surface area contributed by atoms with Crippen LogP contribution >= 0.6 is 15.9 Å². The highest BCUT2D eigenvalue weighted by molar-refractivity contribution is 9.09. The summed E-state index contributed by atoms with van der Waals surface area (Å²) in [4.78, 5) is 12.5. The summed E-state index contributed by atoms with van der Waals surface area (Å²) in [6.45, 7) is 0. The Bertz CT molecular complexity index is 542. The third kappa shape index (κ3) is 2.44. The Morgan fingerprint density at radius 3 is 2.71 bits per heavy atom. The molecule has 1 aromatic rings. The van der Waals surface area contributed by atoms with E-state index in [2.05, 4.69) is 39.4 Å². The molecule has 1 amide bonds. The highest BCUT2D eigenvalue weighted by Gasteiger charge is 2.67. The topological polar surface area (TPSA) is 29.1 Å². The standard InChI is InChI=1S/C18H22BrNO/c19-8-2-4-11-3-1-5-14(9-11)20-18(21)17-15-12-6-7-13(10-12)16(15)17/h1,3,5,9,12-13,15-17H,2,4,6-8,10H2,(H,20,21). The predicted molar refractivity (Wildman–Crippen MR) is 88.5 cm³/mol. The molecule has 2 bridgehead atoms. The molecule has 0 aliphatic heterocycles. The molecule has 1 N–H and O–H groups in total. The van der Waals surface area contributed by atoms with E-state index >= 15 is 0 Å². The van der Waals surface area contributed by atoms with Gasteiger partial charge in [0.2, 0.25) is 5.91 Å². The maximum absolute atomic E-state index is 12.5. The molecule has 0 spiro atoms. The summed E-state index contributed by atoms with van der Waals surface area (Å²) in [5.41, 5.74) is 2.28. The van der Waals surface area contributed by atoms with Crippen molar-refractivity contribution in [3.05, 3.63) is 29.8 Å². The van der Waals surface area contributed by atoms with E-state index in [-0.39, 0.29) is 5.91 Å². The van der Waals surface area contributed by atoms with Crippen LogP contribution in [0, 0.1) is 29.6 Å². The molecule has 4 unspecified atom stereocenters. The van der Waals surface area contributed by atoms with Gasteiger partial charge in [0, 0.05) is 16.9 Å². The SMILES string of the molecule is O=C(Nc1cccc(CCCBr)c1)C1C2C3CCC(C3)C12. The summed E-state index contributed by atoms with van der Waals surface area (Å²) < 4.78 is 0. The molecule has 3 aliphatic carbocycles. The number of rotatable bonds is 5. The van der Waals surface area contributed by atoms with Gasteiger partial charge < -0.3 is 5.32 Å². The van der Waals surface area contributed by atoms with Crippen molar-refractivity contribution in [1.82, 2.24) is 0 Å². The molecule has 21 heavy (non-hydrogen) atoms. The van der Waals surface area contributed by atoms with Crippen molar-refractivity contribution in [2.24, 2.45) is 29.6 Å². The number of hydrogen-bond donors (Lipinski definition) is 1.